The Morgan fingerprint density at radius 3 is 2.21 bits per heavy atom. The monoisotopic (exact) mass is 562 g/mol. The molecule has 0 unspecified atom stereocenters. The molecule has 1 fully saturated rings. The lowest BCUT2D eigenvalue weighted by molar-refractivity contribution is -0.132. The fraction of sp³-hybridized carbons (Fsp3) is 0.233. The maximum atomic E-state index is 13.0. The molecule has 2 aliphatic rings. The zero-order chi connectivity index (χ0) is 27.5. The summed E-state index contributed by atoms with van der Waals surface area (Å²) in [6, 6.07) is 22.5. The smallest absolute Gasteiger partial charge is 0.283 e. The minimum absolute atomic E-state index is 0.00411. The zero-order valence-corrected chi connectivity index (χ0v) is 23.0. The number of halogens is 2. The molecule has 7 nitrogen and oxygen atoms in total. The first-order chi connectivity index (χ1) is 18.8. The molecule has 200 valence electrons. The lowest BCUT2D eigenvalue weighted by Gasteiger charge is -2.34. The van der Waals surface area contributed by atoms with Crippen LogP contribution in [0.25, 0.3) is 0 Å². The Morgan fingerprint density at radius 2 is 1.54 bits per heavy atom. The van der Waals surface area contributed by atoms with Crippen LogP contribution in [0.3, 0.4) is 0 Å². The molecular formula is C30H28Cl2N4O3. The molecule has 3 amide bonds. The number of hydrogen-bond acceptors (Lipinski definition) is 5. The Bertz CT molecular complexity index is 1430. The summed E-state index contributed by atoms with van der Waals surface area (Å²) in [5, 5.41) is 3.22. The number of piperazine rings is 1. The third-order valence-corrected chi connectivity index (χ3v) is 7.75. The number of anilines is 2. The molecule has 2 heterocycles. The summed E-state index contributed by atoms with van der Waals surface area (Å²) >= 11 is 12.4. The second-order valence-electron chi connectivity index (χ2n) is 9.71. The van der Waals surface area contributed by atoms with Crippen molar-refractivity contribution in [2.75, 3.05) is 36.4 Å². The van der Waals surface area contributed by atoms with Crippen LogP contribution < -0.4 is 10.2 Å². The lowest BCUT2D eigenvalue weighted by Crippen LogP contribution is -2.48. The normalized spacial score (nSPS) is 16.3. The van der Waals surface area contributed by atoms with Crippen LogP contribution in [0, 0.1) is 6.92 Å². The Hall–Kier alpha value is -3.65. The average Bonchev–Trinajstić information content (AvgIpc) is 3.15. The predicted octanol–water partition coefficient (Wildman–Crippen LogP) is 4.97. The van der Waals surface area contributed by atoms with E-state index in [1.807, 2.05) is 42.2 Å². The van der Waals surface area contributed by atoms with Crippen LogP contribution in [-0.4, -0.2) is 53.7 Å². The number of hydrogen-bond donors (Lipinski definition) is 1. The summed E-state index contributed by atoms with van der Waals surface area (Å²) in [5.74, 6) is -1.09. The highest BCUT2D eigenvalue weighted by Crippen LogP contribution is 2.32. The predicted molar refractivity (Wildman–Crippen MR) is 154 cm³/mol. The third-order valence-electron chi connectivity index (χ3n) is 6.99. The number of benzene rings is 3. The minimum atomic E-state index is -0.616. The van der Waals surface area contributed by atoms with Gasteiger partial charge in [0.15, 0.2) is 0 Å². The summed E-state index contributed by atoms with van der Waals surface area (Å²) in [6.07, 6.45) is 0.293. The van der Waals surface area contributed by atoms with Gasteiger partial charge in [0.2, 0.25) is 5.91 Å². The van der Waals surface area contributed by atoms with E-state index in [2.05, 4.69) is 22.3 Å². The van der Waals surface area contributed by atoms with E-state index < -0.39 is 11.8 Å². The number of nitrogens with zero attached hydrogens (tertiary/aromatic N) is 3. The van der Waals surface area contributed by atoms with Crippen LogP contribution in [0.5, 0.6) is 0 Å². The van der Waals surface area contributed by atoms with E-state index in [0.717, 1.165) is 35.7 Å². The van der Waals surface area contributed by atoms with Crippen LogP contribution >= 0.6 is 23.2 Å². The molecule has 3 aromatic rings. The van der Waals surface area contributed by atoms with Crippen molar-refractivity contribution in [3.05, 3.63) is 105 Å². The fourth-order valence-corrected chi connectivity index (χ4v) is 5.09. The second kappa shape index (κ2) is 11.6. The fourth-order valence-electron chi connectivity index (χ4n) is 4.70. The molecule has 0 aromatic heterocycles. The molecule has 2 aliphatic heterocycles. The highest BCUT2D eigenvalue weighted by Gasteiger charge is 2.39. The second-order valence-corrected chi connectivity index (χ2v) is 10.5. The number of rotatable bonds is 7. The molecule has 0 atom stereocenters. The van der Waals surface area contributed by atoms with E-state index in [4.69, 9.17) is 23.2 Å². The summed E-state index contributed by atoms with van der Waals surface area (Å²) in [4.78, 5) is 44.0. The lowest BCUT2D eigenvalue weighted by atomic mass is 10.1. The molecule has 0 bridgehead atoms. The number of aryl methyl sites for hydroxylation is 1. The van der Waals surface area contributed by atoms with Crippen molar-refractivity contribution in [3.8, 4) is 0 Å². The van der Waals surface area contributed by atoms with Gasteiger partial charge in [0.25, 0.3) is 11.8 Å². The van der Waals surface area contributed by atoms with Gasteiger partial charge in [-0.25, -0.2) is 4.90 Å². The van der Waals surface area contributed by atoms with Gasteiger partial charge >= 0.3 is 0 Å². The molecule has 1 saturated heterocycles. The highest BCUT2D eigenvalue weighted by molar-refractivity contribution is 6.53. The molecule has 0 saturated carbocycles. The number of amides is 3. The molecular weight excluding hydrogens is 535 g/mol. The van der Waals surface area contributed by atoms with E-state index in [-0.39, 0.29) is 16.6 Å². The van der Waals surface area contributed by atoms with Crippen LogP contribution in [-0.2, 0) is 27.3 Å². The number of imide groups is 1. The van der Waals surface area contributed by atoms with E-state index in [9.17, 15) is 14.4 Å². The molecule has 39 heavy (non-hydrogen) atoms. The molecule has 0 aliphatic carbocycles. The van der Waals surface area contributed by atoms with Crippen molar-refractivity contribution in [1.29, 1.82) is 0 Å². The van der Waals surface area contributed by atoms with Gasteiger partial charge in [-0.05, 0) is 47.9 Å². The van der Waals surface area contributed by atoms with Crippen LogP contribution in [0.4, 0.5) is 11.4 Å². The van der Waals surface area contributed by atoms with Gasteiger partial charge in [-0.3, -0.25) is 19.3 Å². The summed E-state index contributed by atoms with van der Waals surface area (Å²) in [6.45, 7) is 5.83. The maximum Gasteiger partial charge on any atom is 0.283 e. The van der Waals surface area contributed by atoms with E-state index >= 15 is 0 Å². The van der Waals surface area contributed by atoms with Crippen LogP contribution in [0.1, 0.15) is 16.7 Å². The van der Waals surface area contributed by atoms with Gasteiger partial charge in [-0.2, -0.15) is 0 Å². The first-order valence-corrected chi connectivity index (χ1v) is 13.5. The van der Waals surface area contributed by atoms with Crippen molar-refractivity contribution in [1.82, 2.24) is 9.80 Å². The average molecular weight is 563 g/mol. The molecule has 0 radical (unpaired) electrons. The van der Waals surface area contributed by atoms with Gasteiger partial charge in [-0.15, -0.1) is 0 Å². The van der Waals surface area contributed by atoms with Gasteiger partial charge in [0.05, 0.1) is 12.1 Å². The Labute approximate surface area is 237 Å². The number of carbonyl (C=O) groups is 3. The van der Waals surface area contributed by atoms with Crippen molar-refractivity contribution < 1.29 is 14.4 Å². The standard InChI is InChI=1S/C30H28Cl2N4O3/c1-20-7-12-24(18-25(20)31)36-29(38)27(32)28(30(36)39)33-23-10-8-21(9-11-23)17-26(37)35-15-13-34(14-16-35)19-22-5-3-2-4-6-22/h2-12,18,33H,13-17,19H2,1H3. The summed E-state index contributed by atoms with van der Waals surface area (Å²) in [5.41, 5.74) is 3.90. The Balaban J connectivity index is 1.16. The first-order valence-electron chi connectivity index (χ1n) is 12.7. The van der Waals surface area contributed by atoms with Crippen LogP contribution in [0.15, 0.2) is 83.5 Å². The Morgan fingerprint density at radius 1 is 0.846 bits per heavy atom. The van der Waals surface area contributed by atoms with Gasteiger partial charge in [-0.1, -0.05) is 71.7 Å². The molecule has 3 aromatic carbocycles. The third kappa shape index (κ3) is 6.01. The Kier molecular flexibility index (Phi) is 8.02. The molecule has 1 N–H and O–H groups in total. The van der Waals surface area contributed by atoms with Crippen molar-refractivity contribution >= 4 is 52.3 Å². The largest absolute Gasteiger partial charge is 0.350 e. The van der Waals surface area contributed by atoms with Crippen LogP contribution in [0.2, 0.25) is 5.02 Å². The van der Waals surface area contributed by atoms with Crippen molar-refractivity contribution in [2.45, 2.75) is 19.9 Å². The SMILES string of the molecule is Cc1ccc(N2C(=O)C(Cl)=C(Nc3ccc(CC(=O)N4CCN(Cc5ccccc5)CC4)cc3)C2=O)cc1Cl. The summed E-state index contributed by atoms with van der Waals surface area (Å²) in [7, 11) is 0. The van der Waals surface area contributed by atoms with Crippen molar-refractivity contribution in [3.63, 3.8) is 0 Å². The van der Waals surface area contributed by atoms with E-state index in [1.54, 1.807) is 30.3 Å². The number of carbonyl (C=O) groups excluding carboxylic acids is 3. The van der Waals surface area contributed by atoms with Gasteiger partial charge in [0.1, 0.15) is 10.7 Å². The quantitative estimate of drug-likeness (QED) is 0.411. The molecule has 0 spiro atoms. The minimum Gasteiger partial charge on any atom is -0.350 e. The van der Waals surface area contributed by atoms with E-state index in [1.165, 1.54) is 5.56 Å². The topological polar surface area (TPSA) is 73.0 Å². The van der Waals surface area contributed by atoms with Gasteiger partial charge in [0, 0.05) is 43.4 Å². The highest BCUT2D eigenvalue weighted by atomic mass is 35.5. The molecule has 9 heteroatoms. The van der Waals surface area contributed by atoms with E-state index in [0.29, 0.717) is 35.9 Å². The zero-order valence-electron chi connectivity index (χ0n) is 21.5. The molecule has 5 rings (SSSR count). The van der Waals surface area contributed by atoms with Gasteiger partial charge < -0.3 is 10.2 Å². The maximum absolute atomic E-state index is 13.0. The number of nitrogens with one attached hydrogen (secondary N) is 1. The first kappa shape index (κ1) is 26.9. The van der Waals surface area contributed by atoms with Crippen molar-refractivity contribution in [2.24, 2.45) is 0 Å². The summed E-state index contributed by atoms with van der Waals surface area (Å²) < 4.78 is 0.